The molecular formula is C35H39N5O3. The van der Waals surface area contributed by atoms with Crippen molar-refractivity contribution in [3.8, 4) is 28.1 Å². The molecule has 0 aliphatic carbocycles. The molecule has 0 radical (unpaired) electrons. The fourth-order valence-corrected chi connectivity index (χ4v) is 5.22. The zero-order valence-corrected chi connectivity index (χ0v) is 25.1. The van der Waals surface area contributed by atoms with Gasteiger partial charge in [0.25, 0.3) is 5.91 Å². The van der Waals surface area contributed by atoms with Crippen molar-refractivity contribution in [3.63, 3.8) is 0 Å². The van der Waals surface area contributed by atoms with Gasteiger partial charge >= 0.3 is 0 Å². The third-order valence-corrected chi connectivity index (χ3v) is 8.05. The van der Waals surface area contributed by atoms with Crippen molar-refractivity contribution < 1.29 is 14.3 Å². The summed E-state index contributed by atoms with van der Waals surface area (Å²) >= 11 is 0. The van der Waals surface area contributed by atoms with E-state index in [2.05, 4.69) is 65.3 Å². The summed E-state index contributed by atoms with van der Waals surface area (Å²) in [5.74, 6) is 1.50. The van der Waals surface area contributed by atoms with Crippen LogP contribution in [0.1, 0.15) is 30.6 Å². The van der Waals surface area contributed by atoms with Crippen LogP contribution < -0.4 is 9.64 Å². The second-order valence-corrected chi connectivity index (χ2v) is 11.0. The largest absolute Gasteiger partial charge is 0.497 e. The molecule has 1 fully saturated rings. The summed E-state index contributed by atoms with van der Waals surface area (Å²) < 4.78 is 5.30. The number of carbonyl (C=O) groups excluding carboxylic acids is 2. The van der Waals surface area contributed by atoms with E-state index in [0.29, 0.717) is 44.0 Å². The zero-order chi connectivity index (χ0) is 30.2. The number of piperazine rings is 1. The summed E-state index contributed by atoms with van der Waals surface area (Å²) in [5, 5.41) is 8.99. The summed E-state index contributed by atoms with van der Waals surface area (Å²) in [6.45, 7) is 7.20. The van der Waals surface area contributed by atoms with Crippen molar-refractivity contribution in [2.45, 2.75) is 20.3 Å². The molecule has 0 spiro atoms. The van der Waals surface area contributed by atoms with Crippen LogP contribution in [0.2, 0.25) is 0 Å². The fraction of sp³-hybridized carbons (Fsp3) is 0.314. The summed E-state index contributed by atoms with van der Waals surface area (Å²) in [6, 6.07) is 29.7. The Morgan fingerprint density at radius 1 is 0.837 bits per heavy atom. The summed E-state index contributed by atoms with van der Waals surface area (Å²) in [4.78, 5) is 32.4. The maximum atomic E-state index is 13.4. The Hall–Kier alpha value is -4.72. The molecule has 1 aliphatic rings. The number of benzene rings is 3. The summed E-state index contributed by atoms with van der Waals surface area (Å²) in [7, 11) is 1.58. The van der Waals surface area contributed by atoms with Crippen LogP contribution in [0.15, 0.2) is 91.0 Å². The Labute approximate surface area is 253 Å². The molecule has 4 aromatic rings. The van der Waals surface area contributed by atoms with Gasteiger partial charge in [-0.05, 0) is 47.4 Å². The van der Waals surface area contributed by atoms with Crippen molar-refractivity contribution in [1.29, 1.82) is 0 Å². The maximum absolute atomic E-state index is 13.4. The van der Waals surface area contributed by atoms with E-state index in [1.54, 1.807) is 30.2 Å². The van der Waals surface area contributed by atoms with Gasteiger partial charge in [0, 0.05) is 43.9 Å². The van der Waals surface area contributed by atoms with Gasteiger partial charge in [0.15, 0.2) is 5.82 Å². The number of ether oxygens (including phenoxy) is 1. The Balaban J connectivity index is 1.18. The van der Waals surface area contributed by atoms with Gasteiger partial charge in [-0.3, -0.25) is 9.59 Å². The van der Waals surface area contributed by atoms with Gasteiger partial charge in [-0.2, -0.15) is 0 Å². The van der Waals surface area contributed by atoms with E-state index >= 15 is 0 Å². The predicted octanol–water partition coefficient (Wildman–Crippen LogP) is 5.66. The zero-order valence-electron chi connectivity index (χ0n) is 25.1. The van der Waals surface area contributed by atoms with E-state index in [9.17, 15) is 9.59 Å². The van der Waals surface area contributed by atoms with E-state index in [-0.39, 0.29) is 24.3 Å². The van der Waals surface area contributed by atoms with Gasteiger partial charge in [-0.1, -0.05) is 80.9 Å². The Bertz CT molecular complexity index is 1500. The molecule has 1 saturated heterocycles. The van der Waals surface area contributed by atoms with Crippen LogP contribution in [0.3, 0.4) is 0 Å². The van der Waals surface area contributed by atoms with Gasteiger partial charge in [-0.25, -0.2) is 0 Å². The first kappa shape index (κ1) is 29.8. The van der Waals surface area contributed by atoms with Crippen molar-refractivity contribution in [2.24, 2.45) is 5.92 Å². The molecule has 8 heteroatoms. The minimum atomic E-state index is -0.156. The van der Waals surface area contributed by atoms with Crippen LogP contribution in [0.4, 0.5) is 5.82 Å². The Morgan fingerprint density at radius 2 is 1.53 bits per heavy atom. The van der Waals surface area contributed by atoms with E-state index in [1.807, 2.05) is 41.3 Å². The van der Waals surface area contributed by atoms with Gasteiger partial charge < -0.3 is 19.4 Å². The van der Waals surface area contributed by atoms with Crippen molar-refractivity contribution in [3.05, 3.63) is 96.6 Å². The van der Waals surface area contributed by atoms with Crippen molar-refractivity contribution in [1.82, 2.24) is 20.0 Å². The smallest absolute Gasteiger partial charge is 0.254 e. The van der Waals surface area contributed by atoms with Gasteiger partial charge in [0.05, 0.1) is 12.8 Å². The third-order valence-electron chi connectivity index (χ3n) is 8.05. The lowest BCUT2D eigenvalue weighted by Gasteiger charge is -2.36. The highest BCUT2D eigenvalue weighted by Crippen LogP contribution is 2.25. The van der Waals surface area contributed by atoms with Gasteiger partial charge in [-0.15, -0.1) is 10.2 Å². The maximum Gasteiger partial charge on any atom is 0.254 e. The average Bonchev–Trinajstić information content (AvgIpc) is 3.08. The van der Waals surface area contributed by atoms with E-state index in [0.717, 1.165) is 29.1 Å². The number of carbonyl (C=O) groups is 2. The lowest BCUT2D eigenvalue weighted by atomic mass is 10.0. The van der Waals surface area contributed by atoms with Crippen LogP contribution in [-0.2, 0) is 4.79 Å². The summed E-state index contributed by atoms with van der Waals surface area (Å²) in [5.41, 5.74) is 4.70. The second kappa shape index (κ2) is 14.0. The lowest BCUT2D eigenvalue weighted by molar-refractivity contribution is -0.132. The van der Waals surface area contributed by atoms with Gasteiger partial charge in [0.2, 0.25) is 5.91 Å². The Kier molecular flexibility index (Phi) is 9.66. The highest BCUT2D eigenvalue weighted by molar-refractivity contribution is 5.97. The number of nitrogens with zero attached hydrogens (tertiary/aromatic N) is 5. The molecule has 1 aliphatic heterocycles. The first-order valence-electron chi connectivity index (χ1n) is 14.9. The number of aromatic nitrogens is 2. The van der Waals surface area contributed by atoms with E-state index in [4.69, 9.17) is 4.74 Å². The highest BCUT2D eigenvalue weighted by atomic mass is 16.5. The van der Waals surface area contributed by atoms with Crippen LogP contribution in [-0.4, -0.2) is 78.2 Å². The van der Waals surface area contributed by atoms with Crippen molar-refractivity contribution >= 4 is 17.6 Å². The molecule has 8 nitrogen and oxygen atoms in total. The summed E-state index contributed by atoms with van der Waals surface area (Å²) in [6.07, 6.45) is 0.924. The number of amides is 2. The molecule has 5 rings (SSSR count). The molecule has 1 aromatic heterocycles. The number of hydrogen-bond acceptors (Lipinski definition) is 6. The molecule has 43 heavy (non-hydrogen) atoms. The SMILES string of the molecule is CC[C@@H](C)CN(CC(=O)N1CCN(c2ccc(-c3ccc(-c4ccccc4)cc3)nn2)CC1)C(=O)c1cccc(OC)c1. The minimum absolute atomic E-state index is 0.0421. The minimum Gasteiger partial charge on any atom is -0.497 e. The van der Waals surface area contributed by atoms with Crippen LogP contribution in [0.25, 0.3) is 22.4 Å². The Morgan fingerprint density at radius 3 is 2.19 bits per heavy atom. The normalized spacial score (nSPS) is 13.8. The molecule has 0 saturated carbocycles. The van der Waals surface area contributed by atoms with Crippen LogP contribution in [0.5, 0.6) is 5.75 Å². The molecule has 2 heterocycles. The van der Waals surface area contributed by atoms with E-state index < -0.39 is 0 Å². The average molecular weight is 578 g/mol. The number of hydrogen-bond donors (Lipinski definition) is 0. The molecule has 222 valence electrons. The van der Waals surface area contributed by atoms with Crippen molar-refractivity contribution in [2.75, 3.05) is 51.3 Å². The molecule has 0 N–H and O–H groups in total. The molecule has 3 aromatic carbocycles. The monoisotopic (exact) mass is 577 g/mol. The molecule has 2 amide bonds. The molecule has 0 unspecified atom stereocenters. The van der Waals surface area contributed by atoms with E-state index in [1.165, 1.54) is 5.56 Å². The van der Waals surface area contributed by atoms with Crippen LogP contribution >= 0.6 is 0 Å². The second-order valence-electron chi connectivity index (χ2n) is 11.0. The predicted molar refractivity (Wildman–Crippen MR) is 170 cm³/mol. The quantitative estimate of drug-likeness (QED) is 0.242. The first-order valence-corrected chi connectivity index (χ1v) is 14.9. The number of rotatable bonds is 10. The van der Waals surface area contributed by atoms with Crippen LogP contribution in [0, 0.1) is 5.92 Å². The molecule has 0 bridgehead atoms. The third kappa shape index (κ3) is 7.38. The molecular weight excluding hydrogens is 538 g/mol. The lowest BCUT2D eigenvalue weighted by Crippen LogP contribution is -2.52. The standard InChI is InChI=1S/C35H39N5O3/c1-4-26(2)24-40(35(42)30-11-8-12-31(23-30)43-3)25-34(41)39-21-19-38(20-22-39)33-18-17-32(36-37-33)29-15-13-28(14-16-29)27-9-6-5-7-10-27/h5-18,23,26H,4,19-22,24-25H2,1-3H3/t26-/m1/s1. The number of anilines is 1. The van der Waals surface area contributed by atoms with Gasteiger partial charge in [0.1, 0.15) is 12.3 Å². The molecule has 1 atom stereocenters. The topological polar surface area (TPSA) is 78.9 Å². The highest BCUT2D eigenvalue weighted by Gasteiger charge is 2.27. The first-order chi connectivity index (χ1) is 20.9. The number of methoxy groups -OCH3 is 1. The fourth-order valence-electron chi connectivity index (χ4n) is 5.22.